The van der Waals surface area contributed by atoms with Crippen molar-refractivity contribution in [3.63, 3.8) is 0 Å². The third-order valence-electron chi connectivity index (χ3n) is 6.68. The molecular weight excluding hydrogens is 531 g/mol. The molecule has 0 bridgehead atoms. The summed E-state index contributed by atoms with van der Waals surface area (Å²) >= 11 is 1.14. The number of methoxy groups -OCH3 is 1. The van der Waals surface area contributed by atoms with E-state index in [1.807, 2.05) is 0 Å². The lowest BCUT2D eigenvalue weighted by Gasteiger charge is -2.26. The summed E-state index contributed by atoms with van der Waals surface area (Å²) in [6.45, 7) is 1.62. The fourth-order valence-electron chi connectivity index (χ4n) is 4.86. The number of hydrogen-bond acceptors (Lipinski definition) is 9. The van der Waals surface area contributed by atoms with Gasteiger partial charge < -0.3 is 19.9 Å². The SMILES string of the molecule is COc1ccc(F)cc1[C@H](Cn1c(=O)n([C@H]2CCCNC2=O)c(=O)c2c(C)c(-n3nccn3)sc21)OCCO. The molecule has 2 atom stereocenters. The molecular formula is C25H27FN6O6S. The van der Waals surface area contributed by atoms with Crippen molar-refractivity contribution < 1.29 is 23.8 Å². The van der Waals surface area contributed by atoms with Crippen LogP contribution in [0.15, 0.2) is 40.2 Å². The number of halogens is 1. The molecule has 1 aliphatic heterocycles. The van der Waals surface area contributed by atoms with Crippen LogP contribution < -0.4 is 21.3 Å². The molecule has 4 aromatic rings. The number of aryl methyl sites for hydroxylation is 1. The van der Waals surface area contributed by atoms with Crippen molar-refractivity contribution in [1.82, 2.24) is 29.4 Å². The van der Waals surface area contributed by atoms with E-state index in [9.17, 15) is 23.9 Å². The summed E-state index contributed by atoms with van der Waals surface area (Å²) in [4.78, 5) is 42.3. The standard InChI is InChI=1S/C25H27FN6O6S/c1-14-20-22(35)31(17-4-3-7-27-21(17)34)25(36)30(24(20)39-23(14)32-28-8-9-29-32)13-19(38-11-10-33)16-12-15(26)5-6-18(16)37-2/h5-6,8-9,12,17,19,33H,3-4,7,10-11,13H2,1-2H3,(H,27,34)/t17-,19-/m0/s1. The Kier molecular flexibility index (Phi) is 7.59. The second-order valence-corrected chi connectivity index (χ2v) is 10.00. The van der Waals surface area contributed by atoms with Gasteiger partial charge in [0, 0.05) is 17.7 Å². The molecule has 0 aliphatic carbocycles. The van der Waals surface area contributed by atoms with E-state index in [0.717, 1.165) is 15.9 Å². The van der Waals surface area contributed by atoms with Gasteiger partial charge in [-0.15, -0.1) is 4.80 Å². The third kappa shape index (κ3) is 4.86. The van der Waals surface area contributed by atoms with Gasteiger partial charge in [0.2, 0.25) is 5.91 Å². The zero-order valence-electron chi connectivity index (χ0n) is 21.3. The quantitative estimate of drug-likeness (QED) is 0.315. The van der Waals surface area contributed by atoms with Crippen LogP contribution >= 0.6 is 11.3 Å². The Hall–Kier alpha value is -3.88. The van der Waals surface area contributed by atoms with Crippen LogP contribution in [0, 0.1) is 12.7 Å². The fraction of sp³-hybridized carbons (Fsp3) is 0.400. The molecule has 1 amide bonds. The topological polar surface area (TPSA) is 142 Å². The molecule has 4 heterocycles. The number of piperidine rings is 1. The molecule has 0 unspecified atom stereocenters. The van der Waals surface area contributed by atoms with Gasteiger partial charge in [0.05, 0.1) is 44.6 Å². The van der Waals surface area contributed by atoms with Gasteiger partial charge in [0.1, 0.15) is 33.5 Å². The molecule has 39 heavy (non-hydrogen) atoms. The highest BCUT2D eigenvalue weighted by molar-refractivity contribution is 7.21. The Morgan fingerprint density at radius 1 is 1.26 bits per heavy atom. The van der Waals surface area contributed by atoms with E-state index in [4.69, 9.17) is 9.47 Å². The average molecular weight is 559 g/mol. The number of benzene rings is 1. The molecule has 0 radical (unpaired) electrons. The van der Waals surface area contributed by atoms with Gasteiger partial charge in [0.15, 0.2) is 0 Å². The minimum atomic E-state index is -0.986. The number of aliphatic hydroxyl groups excluding tert-OH is 1. The van der Waals surface area contributed by atoms with Crippen LogP contribution in [0.5, 0.6) is 5.75 Å². The predicted molar refractivity (Wildman–Crippen MR) is 140 cm³/mol. The molecule has 0 saturated carbocycles. The number of amides is 1. The van der Waals surface area contributed by atoms with Gasteiger partial charge >= 0.3 is 5.69 Å². The molecule has 14 heteroatoms. The highest BCUT2D eigenvalue weighted by Crippen LogP contribution is 2.34. The number of ether oxygens (including phenoxy) is 2. The maximum Gasteiger partial charge on any atom is 0.332 e. The first-order valence-electron chi connectivity index (χ1n) is 12.3. The van der Waals surface area contributed by atoms with Crippen molar-refractivity contribution in [2.24, 2.45) is 0 Å². The number of thiophene rings is 1. The summed E-state index contributed by atoms with van der Waals surface area (Å²) in [5.74, 6) is -0.621. The summed E-state index contributed by atoms with van der Waals surface area (Å²) in [6, 6.07) is 2.94. The molecule has 1 fully saturated rings. The lowest BCUT2D eigenvalue weighted by molar-refractivity contribution is -0.126. The first kappa shape index (κ1) is 26.7. The molecule has 1 aromatic carbocycles. The maximum atomic E-state index is 14.3. The summed E-state index contributed by atoms with van der Waals surface area (Å²) in [5, 5.41) is 21.3. The minimum absolute atomic E-state index is 0.0984. The molecule has 12 nitrogen and oxygen atoms in total. The van der Waals surface area contributed by atoms with Crippen molar-refractivity contribution >= 4 is 27.5 Å². The van der Waals surface area contributed by atoms with Crippen molar-refractivity contribution in [2.45, 2.75) is 38.5 Å². The molecule has 3 aromatic heterocycles. The average Bonchev–Trinajstić information content (AvgIpc) is 3.57. The number of nitrogens with one attached hydrogen (secondary N) is 1. The van der Waals surface area contributed by atoms with Crippen LogP contribution in [0.2, 0.25) is 0 Å². The van der Waals surface area contributed by atoms with Gasteiger partial charge in [0.25, 0.3) is 5.56 Å². The second-order valence-electron chi connectivity index (χ2n) is 9.02. The Morgan fingerprint density at radius 3 is 2.72 bits per heavy atom. The van der Waals surface area contributed by atoms with Gasteiger partial charge in [-0.05, 0) is 38.0 Å². The van der Waals surface area contributed by atoms with Crippen LogP contribution in [0.25, 0.3) is 15.2 Å². The second kappa shape index (κ2) is 11.1. The number of nitrogens with zero attached hydrogens (tertiary/aromatic N) is 5. The molecule has 206 valence electrons. The predicted octanol–water partition coefficient (Wildman–Crippen LogP) is 1.46. The zero-order chi connectivity index (χ0) is 27.7. The Bertz CT molecular complexity index is 1630. The van der Waals surface area contributed by atoms with Crippen molar-refractivity contribution in [3.05, 3.63) is 68.4 Å². The molecule has 1 aliphatic rings. The number of rotatable bonds is 9. The maximum absolute atomic E-state index is 14.3. The zero-order valence-corrected chi connectivity index (χ0v) is 22.1. The Balaban J connectivity index is 1.76. The number of carbonyl (C=O) groups excluding carboxylic acids is 1. The van der Waals surface area contributed by atoms with Crippen LogP contribution in [-0.4, -0.2) is 62.0 Å². The Morgan fingerprint density at radius 2 is 2.03 bits per heavy atom. The summed E-state index contributed by atoms with van der Waals surface area (Å²) in [7, 11) is 1.43. The molecule has 2 N–H and O–H groups in total. The minimum Gasteiger partial charge on any atom is -0.496 e. The van der Waals surface area contributed by atoms with E-state index < -0.39 is 35.1 Å². The van der Waals surface area contributed by atoms with E-state index in [2.05, 4.69) is 15.5 Å². The van der Waals surface area contributed by atoms with Gasteiger partial charge in [-0.3, -0.25) is 14.2 Å². The Labute approximate surface area is 225 Å². The monoisotopic (exact) mass is 558 g/mol. The molecule has 0 spiro atoms. The van der Waals surface area contributed by atoms with E-state index >= 15 is 0 Å². The largest absolute Gasteiger partial charge is 0.496 e. The highest BCUT2D eigenvalue weighted by Gasteiger charge is 2.31. The van der Waals surface area contributed by atoms with Crippen LogP contribution in [0.1, 0.15) is 36.1 Å². The van der Waals surface area contributed by atoms with Gasteiger partial charge in [-0.25, -0.2) is 13.8 Å². The number of aromatic nitrogens is 5. The number of aliphatic hydroxyl groups is 1. The van der Waals surface area contributed by atoms with E-state index in [0.29, 0.717) is 46.1 Å². The molecule has 5 rings (SSSR count). The molecule has 1 saturated heterocycles. The normalized spacial score (nSPS) is 16.4. The first-order valence-corrected chi connectivity index (χ1v) is 13.2. The van der Waals surface area contributed by atoms with Crippen molar-refractivity contribution in [3.8, 4) is 10.8 Å². The number of hydrogen-bond donors (Lipinski definition) is 2. The van der Waals surface area contributed by atoms with Crippen molar-refractivity contribution in [2.75, 3.05) is 26.9 Å². The number of carbonyl (C=O) groups is 1. The van der Waals surface area contributed by atoms with Crippen LogP contribution in [0.3, 0.4) is 0 Å². The lowest BCUT2D eigenvalue weighted by atomic mass is 10.1. The van der Waals surface area contributed by atoms with E-state index in [1.165, 1.54) is 47.1 Å². The summed E-state index contributed by atoms with van der Waals surface area (Å²) in [5.41, 5.74) is -0.423. The first-order chi connectivity index (χ1) is 18.8. The van der Waals surface area contributed by atoms with Gasteiger partial charge in [-0.1, -0.05) is 11.3 Å². The van der Waals surface area contributed by atoms with E-state index in [1.54, 1.807) is 6.92 Å². The summed E-state index contributed by atoms with van der Waals surface area (Å²) < 4.78 is 28.0. The van der Waals surface area contributed by atoms with E-state index in [-0.39, 0.29) is 25.1 Å². The fourth-order valence-corrected chi connectivity index (χ4v) is 6.08. The smallest absolute Gasteiger partial charge is 0.332 e. The third-order valence-corrected chi connectivity index (χ3v) is 7.96. The summed E-state index contributed by atoms with van der Waals surface area (Å²) in [6.07, 6.45) is 2.98. The van der Waals surface area contributed by atoms with Crippen molar-refractivity contribution in [1.29, 1.82) is 0 Å². The van der Waals surface area contributed by atoms with Gasteiger partial charge in [-0.2, -0.15) is 10.2 Å². The van der Waals surface area contributed by atoms with Crippen LogP contribution in [-0.2, 0) is 16.1 Å². The highest BCUT2D eigenvalue weighted by atomic mass is 32.1. The van der Waals surface area contributed by atoms with Crippen LogP contribution in [0.4, 0.5) is 4.39 Å². The lowest BCUT2D eigenvalue weighted by Crippen LogP contribution is -2.49. The number of fused-ring (bicyclic) bond motifs is 1.